The van der Waals surface area contributed by atoms with Crippen molar-refractivity contribution < 1.29 is 14.3 Å². The van der Waals surface area contributed by atoms with Crippen LogP contribution in [-0.2, 0) is 10.2 Å². The molecule has 0 unspecified atom stereocenters. The molecule has 6 heteroatoms. The number of methoxy groups -OCH3 is 1. The maximum absolute atomic E-state index is 14.0. The lowest BCUT2D eigenvalue weighted by Gasteiger charge is -2.32. The molecule has 1 saturated heterocycles. The standard InChI is InChI=1S/C26H38N2O3S/c1-8-31-16-19-14-20(13-17(2)3)28(23(19)24-27-11-12-32-24)25(29)18-9-10-21(26(4,5)6)22(15-18)30-7/h9-12,15,17,19-20,23H,8,13-14,16H2,1-7H3/t19-,20+,23-/m1/s1. The molecule has 0 aliphatic carbocycles. The number of amides is 1. The number of aromatic nitrogens is 1. The van der Waals surface area contributed by atoms with Gasteiger partial charge in [-0.1, -0.05) is 40.7 Å². The third kappa shape index (κ3) is 5.34. The number of likely N-dealkylation sites (tertiary alicyclic amines) is 1. The summed E-state index contributed by atoms with van der Waals surface area (Å²) in [6.07, 6.45) is 3.73. The van der Waals surface area contributed by atoms with E-state index < -0.39 is 0 Å². The first kappa shape index (κ1) is 24.7. The molecule has 1 aromatic heterocycles. The molecule has 5 nitrogen and oxygen atoms in total. The molecule has 0 saturated carbocycles. The topological polar surface area (TPSA) is 51.7 Å². The van der Waals surface area contributed by atoms with Crippen molar-refractivity contribution in [3.05, 3.63) is 45.9 Å². The second-order valence-electron chi connectivity index (χ2n) is 10.1. The smallest absolute Gasteiger partial charge is 0.254 e. The number of carbonyl (C=O) groups is 1. The Bertz CT molecular complexity index is 889. The Hall–Kier alpha value is -1.92. The van der Waals surface area contributed by atoms with Crippen molar-refractivity contribution in [2.24, 2.45) is 11.8 Å². The van der Waals surface area contributed by atoms with Gasteiger partial charge in [-0.25, -0.2) is 4.98 Å². The fourth-order valence-electron chi connectivity index (χ4n) is 4.81. The van der Waals surface area contributed by atoms with E-state index in [9.17, 15) is 4.79 Å². The van der Waals surface area contributed by atoms with Gasteiger partial charge in [-0.05, 0) is 48.8 Å². The van der Waals surface area contributed by atoms with Crippen LogP contribution >= 0.6 is 11.3 Å². The molecular weight excluding hydrogens is 420 g/mol. The van der Waals surface area contributed by atoms with Gasteiger partial charge in [0.15, 0.2) is 0 Å². The quantitative estimate of drug-likeness (QED) is 0.479. The number of carbonyl (C=O) groups excluding carboxylic acids is 1. The minimum absolute atomic E-state index is 0.0496. The first-order valence-electron chi connectivity index (χ1n) is 11.7. The van der Waals surface area contributed by atoms with Crippen LogP contribution in [0.15, 0.2) is 29.8 Å². The molecule has 0 radical (unpaired) electrons. The molecule has 1 aromatic carbocycles. The number of ether oxygens (including phenoxy) is 2. The highest BCUT2D eigenvalue weighted by Crippen LogP contribution is 2.45. The van der Waals surface area contributed by atoms with E-state index in [1.54, 1.807) is 18.4 Å². The zero-order valence-electron chi connectivity index (χ0n) is 20.6. The van der Waals surface area contributed by atoms with Crippen LogP contribution in [0.2, 0.25) is 0 Å². The Morgan fingerprint density at radius 3 is 2.62 bits per heavy atom. The minimum atomic E-state index is -0.0638. The lowest BCUT2D eigenvalue weighted by Crippen LogP contribution is -2.39. The van der Waals surface area contributed by atoms with Crippen LogP contribution in [0.1, 0.15) is 81.4 Å². The summed E-state index contributed by atoms with van der Waals surface area (Å²) in [7, 11) is 1.67. The summed E-state index contributed by atoms with van der Waals surface area (Å²) in [5.74, 6) is 1.55. The van der Waals surface area contributed by atoms with E-state index in [1.165, 1.54) is 0 Å². The summed E-state index contributed by atoms with van der Waals surface area (Å²) in [6, 6.07) is 5.99. The van der Waals surface area contributed by atoms with E-state index in [-0.39, 0.29) is 29.3 Å². The average Bonchev–Trinajstić information content (AvgIpc) is 3.37. The Balaban J connectivity index is 2.02. The molecule has 1 aliphatic rings. The third-order valence-electron chi connectivity index (χ3n) is 6.19. The molecular formula is C26H38N2O3S. The summed E-state index contributed by atoms with van der Waals surface area (Å²) in [5, 5.41) is 2.99. The normalized spacial score (nSPS) is 21.4. The Labute approximate surface area is 197 Å². The molecule has 32 heavy (non-hydrogen) atoms. The first-order valence-corrected chi connectivity index (χ1v) is 12.5. The predicted octanol–water partition coefficient (Wildman–Crippen LogP) is 6.10. The van der Waals surface area contributed by atoms with Crippen LogP contribution in [0.3, 0.4) is 0 Å². The van der Waals surface area contributed by atoms with Gasteiger partial charge in [-0.3, -0.25) is 4.79 Å². The molecule has 3 rings (SSSR count). The molecule has 3 atom stereocenters. The summed E-state index contributed by atoms with van der Waals surface area (Å²) in [6.45, 7) is 14.2. The highest BCUT2D eigenvalue weighted by molar-refractivity contribution is 7.09. The van der Waals surface area contributed by atoms with Crippen molar-refractivity contribution in [2.75, 3.05) is 20.3 Å². The molecule has 1 fully saturated rings. The van der Waals surface area contributed by atoms with Crippen molar-refractivity contribution in [3.8, 4) is 5.75 Å². The van der Waals surface area contributed by atoms with Crippen LogP contribution in [0.4, 0.5) is 0 Å². The number of rotatable bonds is 8. The highest BCUT2D eigenvalue weighted by atomic mass is 32.1. The summed E-state index contributed by atoms with van der Waals surface area (Å²) in [5.41, 5.74) is 1.71. The molecule has 1 aliphatic heterocycles. The van der Waals surface area contributed by atoms with Crippen LogP contribution < -0.4 is 4.74 Å². The molecule has 1 amide bonds. The van der Waals surface area contributed by atoms with E-state index in [4.69, 9.17) is 9.47 Å². The van der Waals surface area contributed by atoms with Gasteiger partial charge in [-0.15, -0.1) is 11.3 Å². The van der Waals surface area contributed by atoms with Crippen LogP contribution in [0, 0.1) is 11.8 Å². The van der Waals surface area contributed by atoms with Gasteiger partial charge in [0.25, 0.3) is 5.91 Å². The summed E-state index contributed by atoms with van der Waals surface area (Å²) >= 11 is 1.62. The van der Waals surface area contributed by atoms with E-state index in [1.807, 2.05) is 36.7 Å². The molecule has 0 bridgehead atoms. The molecule has 0 N–H and O–H groups in total. The van der Waals surface area contributed by atoms with Crippen molar-refractivity contribution in [1.82, 2.24) is 9.88 Å². The SMILES string of the molecule is CCOC[C@H]1C[C@H](CC(C)C)N(C(=O)c2ccc(C(C)(C)C)c(OC)c2)[C@H]1c1nccs1. The molecule has 2 aromatic rings. The maximum atomic E-state index is 14.0. The number of hydrogen-bond donors (Lipinski definition) is 0. The van der Waals surface area contributed by atoms with E-state index in [2.05, 4.69) is 44.5 Å². The molecule has 2 heterocycles. The largest absolute Gasteiger partial charge is 0.496 e. The number of thiazole rings is 1. The monoisotopic (exact) mass is 458 g/mol. The maximum Gasteiger partial charge on any atom is 0.254 e. The van der Waals surface area contributed by atoms with E-state index in [0.717, 1.165) is 29.2 Å². The van der Waals surface area contributed by atoms with Gasteiger partial charge in [0, 0.05) is 35.7 Å². The zero-order chi connectivity index (χ0) is 23.5. The van der Waals surface area contributed by atoms with Crippen molar-refractivity contribution in [2.45, 2.75) is 71.9 Å². The number of hydrogen-bond acceptors (Lipinski definition) is 5. The third-order valence-corrected chi connectivity index (χ3v) is 7.04. The number of benzene rings is 1. The Morgan fingerprint density at radius 1 is 1.31 bits per heavy atom. The lowest BCUT2D eigenvalue weighted by atomic mass is 9.85. The van der Waals surface area contributed by atoms with Gasteiger partial charge >= 0.3 is 0 Å². The second-order valence-corrected chi connectivity index (χ2v) is 11.1. The fraction of sp³-hybridized carbons (Fsp3) is 0.615. The van der Waals surface area contributed by atoms with Crippen molar-refractivity contribution in [3.63, 3.8) is 0 Å². The van der Waals surface area contributed by atoms with Crippen molar-refractivity contribution >= 4 is 17.2 Å². The van der Waals surface area contributed by atoms with E-state index >= 15 is 0 Å². The van der Waals surface area contributed by atoms with Gasteiger partial charge < -0.3 is 14.4 Å². The molecule has 0 spiro atoms. The van der Waals surface area contributed by atoms with Gasteiger partial charge in [0.1, 0.15) is 10.8 Å². The molecule has 176 valence electrons. The fourth-order valence-corrected chi connectivity index (χ4v) is 5.64. The number of nitrogens with zero attached hydrogens (tertiary/aromatic N) is 2. The first-order chi connectivity index (χ1) is 15.2. The van der Waals surface area contributed by atoms with Crippen LogP contribution in [0.5, 0.6) is 5.75 Å². The lowest BCUT2D eigenvalue weighted by molar-refractivity contribution is 0.0573. The van der Waals surface area contributed by atoms with Crippen molar-refractivity contribution in [1.29, 1.82) is 0 Å². The highest BCUT2D eigenvalue weighted by Gasteiger charge is 2.46. The minimum Gasteiger partial charge on any atom is -0.496 e. The summed E-state index contributed by atoms with van der Waals surface area (Å²) in [4.78, 5) is 20.7. The van der Waals surface area contributed by atoms with Crippen LogP contribution in [-0.4, -0.2) is 42.2 Å². The second kappa shape index (κ2) is 10.3. The van der Waals surface area contributed by atoms with Gasteiger partial charge in [0.05, 0.1) is 19.8 Å². The average molecular weight is 459 g/mol. The predicted molar refractivity (Wildman–Crippen MR) is 131 cm³/mol. The van der Waals surface area contributed by atoms with E-state index in [0.29, 0.717) is 24.7 Å². The Kier molecular flexibility index (Phi) is 7.99. The van der Waals surface area contributed by atoms with Gasteiger partial charge in [0.2, 0.25) is 0 Å². The summed E-state index contributed by atoms with van der Waals surface area (Å²) < 4.78 is 11.5. The van der Waals surface area contributed by atoms with Crippen LogP contribution in [0.25, 0.3) is 0 Å². The Morgan fingerprint density at radius 2 is 2.06 bits per heavy atom. The van der Waals surface area contributed by atoms with Gasteiger partial charge in [-0.2, -0.15) is 0 Å². The zero-order valence-corrected chi connectivity index (χ0v) is 21.4.